The van der Waals surface area contributed by atoms with E-state index in [4.69, 9.17) is 4.74 Å². The monoisotopic (exact) mass is 401 g/mol. The van der Waals surface area contributed by atoms with Crippen LogP contribution in [0.5, 0.6) is 0 Å². The molecule has 1 saturated heterocycles. The van der Waals surface area contributed by atoms with Crippen molar-refractivity contribution in [2.24, 2.45) is 0 Å². The molecule has 0 radical (unpaired) electrons. The number of hydrogen-bond acceptors (Lipinski definition) is 5. The smallest absolute Gasteiger partial charge is 0.274 e. The number of ether oxygens (including phenoxy) is 1. The van der Waals surface area contributed by atoms with Crippen LogP contribution in [0.25, 0.3) is 0 Å². The Morgan fingerprint density at radius 1 is 1.10 bits per heavy atom. The molecule has 0 unspecified atom stereocenters. The summed E-state index contributed by atoms with van der Waals surface area (Å²) in [5, 5.41) is 7.22. The number of carbonyl (C=O) groups excluding carboxylic acids is 2. The summed E-state index contributed by atoms with van der Waals surface area (Å²) in [4.78, 5) is 30.8. The highest BCUT2D eigenvalue weighted by Gasteiger charge is 2.31. The first kappa shape index (κ1) is 19.4. The van der Waals surface area contributed by atoms with E-state index in [2.05, 4.69) is 15.1 Å². The third-order valence-corrected chi connectivity index (χ3v) is 5.52. The standard InChI is InChI=1S/C20H24FN5O3/c1-29-13-18(27)26-7-6-17-16(12-26)19(23-22-17)20(28)25-10-8-24(9-11-25)15-4-2-14(21)3-5-15/h2-5H,6-13H2,1H3,(H,22,23). The average Bonchev–Trinajstić information content (AvgIpc) is 3.17. The lowest BCUT2D eigenvalue weighted by Gasteiger charge is -2.36. The van der Waals surface area contributed by atoms with Crippen molar-refractivity contribution in [3.05, 3.63) is 47.0 Å². The molecule has 0 spiro atoms. The van der Waals surface area contributed by atoms with E-state index in [1.54, 1.807) is 21.9 Å². The summed E-state index contributed by atoms with van der Waals surface area (Å²) >= 11 is 0. The molecule has 8 nitrogen and oxygen atoms in total. The van der Waals surface area contributed by atoms with Crippen LogP contribution < -0.4 is 4.90 Å². The topological polar surface area (TPSA) is 81.8 Å². The van der Waals surface area contributed by atoms with Crippen molar-refractivity contribution in [3.63, 3.8) is 0 Å². The Hall–Kier alpha value is -2.94. The summed E-state index contributed by atoms with van der Waals surface area (Å²) in [6, 6.07) is 6.39. The number of H-pyrrole nitrogens is 1. The molecule has 29 heavy (non-hydrogen) atoms. The number of piperazine rings is 1. The third kappa shape index (κ3) is 3.95. The number of amides is 2. The second-order valence-corrected chi connectivity index (χ2v) is 7.28. The summed E-state index contributed by atoms with van der Waals surface area (Å²) < 4.78 is 18.1. The molecule has 4 rings (SSSR count). The summed E-state index contributed by atoms with van der Waals surface area (Å²) in [5.74, 6) is -0.475. The van der Waals surface area contributed by atoms with Crippen LogP contribution in [0.15, 0.2) is 24.3 Å². The van der Waals surface area contributed by atoms with Crippen LogP contribution in [0, 0.1) is 5.82 Å². The van der Waals surface area contributed by atoms with Crippen molar-refractivity contribution in [1.29, 1.82) is 0 Å². The second-order valence-electron chi connectivity index (χ2n) is 7.28. The Balaban J connectivity index is 1.42. The molecule has 0 saturated carbocycles. The molecule has 1 N–H and O–H groups in total. The zero-order valence-electron chi connectivity index (χ0n) is 16.4. The number of nitrogens with zero attached hydrogens (tertiary/aromatic N) is 4. The Bertz CT molecular complexity index is 890. The van der Waals surface area contributed by atoms with Crippen LogP contribution in [-0.2, 0) is 22.5 Å². The molecule has 2 amide bonds. The van der Waals surface area contributed by atoms with Gasteiger partial charge in [-0.15, -0.1) is 0 Å². The minimum Gasteiger partial charge on any atom is -0.375 e. The fourth-order valence-electron chi connectivity index (χ4n) is 3.87. The van der Waals surface area contributed by atoms with E-state index in [1.165, 1.54) is 19.2 Å². The van der Waals surface area contributed by atoms with E-state index in [0.29, 0.717) is 51.4 Å². The van der Waals surface area contributed by atoms with Gasteiger partial charge in [0.2, 0.25) is 5.91 Å². The van der Waals surface area contributed by atoms with Gasteiger partial charge in [0.15, 0.2) is 5.69 Å². The minimum atomic E-state index is -0.260. The lowest BCUT2D eigenvalue weighted by Crippen LogP contribution is -2.49. The molecule has 1 aromatic heterocycles. The SMILES string of the molecule is COCC(=O)N1CCc2[nH]nc(C(=O)N3CCN(c4ccc(F)cc4)CC3)c2C1. The van der Waals surface area contributed by atoms with Crippen molar-refractivity contribution in [1.82, 2.24) is 20.0 Å². The zero-order valence-corrected chi connectivity index (χ0v) is 16.4. The van der Waals surface area contributed by atoms with Crippen molar-refractivity contribution in [2.75, 3.05) is 51.3 Å². The van der Waals surface area contributed by atoms with Crippen LogP contribution in [0.3, 0.4) is 0 Å². The van der Waals surface area contributed by atoms with Crippen LogP contribution in [0.1, 0.15) is 21.7 Å². The number of carbonyl (C=O) groups is 2. The number of methoxy groups -OCH3 is 1. The lowest BCUT2D eigenvalue weighted by atomic mass is 10.0. The molecule has 2 aromatic rings. The molecular formula is C20H24FN5O3. The Kier molecular flexibility index (Phi) is 5.48. The molecule has 0 atom stereocenters. The molecule has 3 heterocycles. The molecule has 0 aliphatic carbocycles. The number of hydrogen-bond donors (Lipinski definition) is 1. The average molecular weight is 401 g/mol. The zero-order chi connectivity index (χ0) is 20.4. The van der Waals surface area contributed by atoms with E-state index >= 15 is 0 Å². The number of benzene rings is 1. The Morgan fingerprint density at radius 2 is 1.83 bits per heavy atom. The summed E-state index contributed by atoms with van der Waals surface area (Å²) in [6.07, 6.45) is 0.642. The Morgan fingerprint density at radius 3 is 2.52 bits per heavy atom. The van der Waals surface area contributed by atoms with Gasteiger partial charge in [-0.3, -0.25) is 14.7 Å². The van der Waals surface area contributed by atoms with Gasteiger partial charge in [0.1, 0.15) is 12.4 Å². The van der Waals surface area contributed by atoms with Gasteiger partial charge in [-0.1, -0.05) is 0 Å². The van der Waals surface area contributed by atoms with Crippen LogP contribution in [-0.4, -0.2) is 78.3 Å². The molecule has 154 valence electrons. The van der Waals surface area contributed by atoms with Crippen molar-refractivity contribution in [3.8, 4) is 0 Å². The normalized spacial score (nSPS) is 16.7. The summed E-state index contributed by atoms with van der Waals surface area (Å²) in [7, 11) is 1.49. The van der Waals surface area contributed by atoms with Gasteiger partial charge in [-0.25, -0.2) is 4.39 Å². The molecule has 9 heteroatoms. The second kappa shape index (κ2) is 8.20. The predicted molar refractivity (Wildman–Crippen MR) is 104 cm³/mol. The van der Waals surface area contributed by atoms with E-state index < -0.39 is 0 Å². The Labute approximate surface area is 168 Å². The molecule has 2 aliphatic heterocycles. The molecular weight excluding hydrogens is 377 g/mol. The minimum absolute atomic E-state index is 0.0296. The fourth-order valence-corrected chi connectivity index (χ4v) is 3.87. The summed E-state index contributed by atoms with van der Waals surface area (Å²) in [6.45, 7) is 3.44. The number of fused-ring (bicyclic) bond motifs is 1. The van der Waals surface area contributed by atoms with Crippen LogP contribution >= 0.6 is 0 Å². The highest BCUT2D eigenvalue weighted by atomic mass is 19.1. The van der Waals surface area contributed by atoms with Gasteiger partial charge in [0.05, 0.1) is 0 Å². The number of rotatable bonds is 4. The highest BCUT2D eigenvalue weighted by Crippen LogP contribution is 2.23. The van der Waals surface area contributed by atoms with Crippen molar-refractivity contribution in [2.45, 2.75) is 13.0 Å². The molecule has 2 aliphatic rings. The maximum atomic E-state index is 13.1. The first-order valence-electron chi connectivity index (χ1n) is 9.69. The lowest BCUT2D eigenvalue weighted by molar-refractivity contribution is -0.136. The van der Waals surface area contributed by atoms with Gasteiger partial charge < -0.3 is 19.4 Å². The first-order chi connectivity index (χ1) is 14.1. The van der Waals surface area contributed by atoms with Crippen LogP contribution in [0.4, 0.5) is 10.1 Å². The quantitative estimate of drug-likeness (QED) is 0.828. The number of aromatic nitrogens is 2. The number of aromatic amines is 1. The largest absolute Gasteiger partial charge is 0.375 e. The van der Waals surface area contributed by atoms with Crippen LogP contribution in [0.2, 0.25) is 0 Å². The maximum absolute atomic E-state index is 13.1. The number of halogens is 1. The van der Waals surface area contributed by atoms with Gasteiger partial charge in [0, 0.05) is 69.7 Å². The van der Waals surface area contributed by atoms with E-state index in [0.717, 1.165) is 16.9 Å². The predicted octanol–water partition coefficient (Wildman–Crippen LogP) is 1.04. The summed E-state index contributed by atoms with van der Waals surface area (Å²) in [5.41, 5.74) is 3.06. The van der Waals surface area contributed by atoms with Gasteiger partial charge in [-0.2, -0.15) is 5.10 Å². The molecule has 0 bridgehead atoms. The van der Waals surface area contributed by atoms with E-state index in [9.17, 15) is 14.0 Å². The van der Waals surface area contributed by atoms with Gasteiger partial charge in [0.25, 0.3) is 5.91 Å². The molecule has 1 aromatic carbocycles. The third-order valence-electron chi connectivity index (χ3n) is 5.52. The molecule has 1 fully saturated rings. The maximum Gasteiger partial charge on any atom is 0.274 e. The van der Waals surface area contributed by atoms with E-state index in [-0.39, 0.29) is 24.2 Å². The first-order valence-corrected chi connectivity index (χ1v) is 9.69. The number of anilines is 1. The van der Waals surface area contributed by atoms with Gasteiger partial charge >= 0.3 is 0 Å². The number of nitrogens with one attached hydrogen (secondary N) is 1. The van der Waals surface area contributed by atoms with Crippen molar-refractivity contribution < 1.29 is 18.7 Å². The van der Waals surface area contributed by atoms with Crippen molar-refractivity contribution >= 4 is 17.5 Å². The van der Waals surface area contributed by atoms with E-state index in [1.807, 2.05) is 0 Å². The fraction of sp³-hybridized carbons (Fsp3) is 0.450. The highest BCUT2D eigenvalue weighted by molar-refractivity contribution is 5.94. The van der Waals surface area contributed by atoms with Gasteiger partial charge in [-0.05, 0) is 24.3 Å².